The van der Waals surface area contributed by atoms with Gasteiger partial charge in [-0.25, -0.2) is 0 Å². The van der Waals surface area contributed by atoms with Crippen LogP contribution in [0.5, 0.6) is 0 Å². The molecular weight excluding hydrogens is 444 g/mol. The van der Waals surface area contributed by atoms with Crippen LogP contribution in [0, 0.1) is 0 Å². The van der Waals surface area contributed by atoms with Crippen molar-refractivity contribution in [2.45, 2.75) is 0 Å². The normalized spacial score (nSPS) is 30.1. The summed E-state index contributed by atoms with van der Waals surface area (Å²) in [5, 5.41) is 0. The van der Waals surface area contributed by atoms with E-state index in [2.05, 4.69) is 0 Å². The van der Waals surface area contributed by atoms with Gasteiger partial charge in [-0.2, -0.15) is 0 Å². The van der Waals surface area contributed by atoms with Crippen molar-refractivity contribution in [3.63, 3.8) is 0 Å². The summed E-state index contributed by atoms with van der Waals surface area (Å²) in [6.07, 6.45) is 0. The fraction of sp³-hybridized carbons (Fsp3) is 0.750. The Hall–Kier alpha value is -1.64. The van der Waals surface area contributed by atoms with Gasteiger partial charge in [0.1, 0.15) is 0 Å². The zero-order valence-electron chi connectivity index (χ0n) is 16.3. The number of rotatable bonds is 2. The molecule has 3 aliphatic heterocycles. The molecule has 2 N–H and O–H groups in total. The van der Waals surface area contributed by atoms with E-state index in [-0.39, 0.29) is 26.2 Å². The fourth-order valence-electron chi connectivity index (χ4n) is 3.49. The maximum atomic E-state index is 12.4. The molecule has 12 nitrogen and oxygen atoms in total. The zero-order chi connectivity index (χ0) is 20.8. The Morgan fingerprint density at radius 1 is 0.724 bits per heavy atom. The van der Waals surface area contributed by atoms with Gasteiger partial charge in [0.25, 0.3) is 0 Å². The molecule has 0 spiro atoms. The van der Waals surface area contributed by atoms with Crippen molar-refractivity contribution in [1.82, 2.24) is 19.6 Å². The number of fused-ring (bicyclic) bond motifs is 7. The van der Waals surface area contributed by atoms with E-state index in [1.54, 1.807) is 0 Å². The number of amides is 1. The molecule has 3 saturated heterocycles. The first-order valence-electron chi connectivity index (χ1n) is 9.63. The van der Waals surface area contributed by atoms with E-state index in [0.29, 0.717) is 52.4 Å². The van der Waals surface area contributed by atoms with E-state index in [1.807, 2.05) is 19.6 Å². The first-order valence-corrected chi connectivity index (χ1v) is 12.6. The molecule has 0 aromatic heterocycles. The van der Waals surface area contributed by atoms with Crippen molar-refractivity contribution < 1.29 is 29.8 Å². The van der Waals surface area contributed by atoms with Gasteiger partial charge in [-0.3, -0.25) is 0 Å². The van der Waals surface area contributed by atoms with Gasteiger partial charge in [-0.15, -0.1) is 0 Å². The summed E-state index contributed by atoms with van der Waals surface area (Å²) >= 11 is -3.83. The summed E-state index contributed by atoms with van der Waals surface area (Å²) in [5.74, 6) is -2.15. The van der Waals surface area contributed by atoms with E-state index in [4.69, 9.17) is 16.3 Å². The van der Waals surface area contributed by atoms with Crippen LogP contribution >= 0.6 is 0 Å². The second-order valence-electron chi connectivity index (χ2n) is 7.33. The van der Waals surface area contributed by atoms with Crippen molar-refractivity contribution in [3.8, 4) is 0 Å². The third kappa shape index (κ3) is 7.28. The zero-order valence-corrected chi connectivity index (χ0v) is 18.7. The summed E-state index contributed by atoms with van der Waals surface area (Å²) < 4.78 is 15.8. The van der Waals surface area contributed by atoms with Gasteiger partial charge in [0.15, 0.2) is 0 Å². The van der Waals surface area contributed by atoms with Crippen LogP contribution in [0.25, 0.3) is 0 Å². The molecule has 3 fully saturated rings. The monoisotopic (exact) mass is 469 g/mol. The molecule has 2 unspecified atom stereocenters. The number of nitrogens with two attached hydrogens (primary N) is 1. The Labute approximate surface area is 175 Å². The van der Waals surface area contributed by atoms with E-state index in [1.165, 1.54) is 0 Å². The van der Waals surface area contributed by atoms with Gasteiger partial charge < -0.3 is 0 Å². The Morgan fingerprint density at radius 2 is 1.07 bits per heavy atom. The number of carbonyl (C=O) groups is 4. The van der Waals surface area contributed by atoms with Crippen molar-refractivity contribution in [2.24, 2.45) is 5.73 Å². The molecule has 29 heavy (non-hydrogen) atoms. The van der Waals surface area contributed by atoms with Crippen LogP contribution in [0.2, 0.25) is 0 Å². The molecule has 13 heteroatoms. The van der Waals surface area contributed by atoms with Gasteiger partial charge in [0.05, 0.1) is 0 Å². The second kappa shape index (κ2) is 10.4. The van der Waals surface area contributed by atoms with Crippen LogP contribution in [0.3, 0.4) is 0 Å². The molecule has 4 bridgehead atoms. The summed E-state index contributed by atoms with van der Waals surface area (Å²) in [4.78, 5) is 56.1. The Balaban J connectivity index is 1.89. The molecule has 0 aromatic carbocycles. The minimum atomic E-state index is -3.83. The van der Waals surface area contributed by atoms with Crippen LogP contribution < -0.4 is 5.73 Å². The van der Waals surface area contributed by atoms with E-state index in [9.17, 15) is 19.2 Å². The third-order valence-electron chi connectivity index (χ3n) is 5.05. The SMILES string of the molecule is NC(=O)CN1CCN2CCN3CCN(CC1)CC(=O)[O][Ga]([O]C(=O)C2)[O]C(=O)C3. The number of hydrogen-bond donors (Lipinski definition) is 1. The second-order valence-corrected chi connectivity index (χ2v) is 10.0. The van der Waals surface area contributed by atoms with Gasteiger partial charge in [-0.1, -0.05) is 0 Å². The molecule has 160 valence electrons. The summed E-state index contributed by atoms with van der Waals surface area (Å²) in [7, 11) is 0. The first kappa shape index (κ1) is 22.1. The fourth-order valence-corrected chi connectivity index (χ4v) is 5.61. The predicted molar refractivity (Wildman–Crippen MR) is 99.0 cm³/mol. The Bertz CT molecular complexity index is 615. The molecule has 0 radical (unpaired) electrons. The van der Waals surface area contributed by atoms with Gasteiger partial charge in [0, 0.05) is 0 Å². The van der Waals surface area contributed by atoms with Crippen molar-refractivity contribution in [3.05, 3.63) is 0 Å². The van der Waals surface area contributed by atoms with E-state index < -0.39 is 41.1 Å². The molecular formula is C16H26GaN5O7. The maximum absolute atomic E-state index is 12.4. The van der Waals surface area contributed by atoms with Crippen LogP contribution in [0.15, 0.2) is 0 Å². The van der Waals surface area contributed by atoms with E-state index >= 15 is 0 Å². The quantitative estimate of drug-likeness (QED) is 0.400. The molecule has 3 heterocycles. The summed E-state index contributed by atoms with van der Waals surface area (Å²) in [5.41, 5.74) is 5.37. The number of nitrogens with zero attached hydrogens (tertiary/aromatic N) is 4. The van der Waals surface area contributed by atoms with Crippen LogP contribution in [-0.2, 0) is 29.8 Å². The Kier molecular flexibility index (Phi) is 7.91. The number of carbonyl (C=O) groups excluding carboxylic acids is 4. The van der Waals surface area contributed by atoms with Crippen molar-refractivity contribution >= 4 is 41.1 Å². The van der Waals surface area contributed by atoms with Gasteiger partial charge in [-0.05, 0) is 0 Å². The van der Waals surface area contributed by atoms with Crippen LogP contribution in [-0.4, -0.2) is 139 Å². The average molecular weight is 470 g/mol. The molecule has 0 aliphatic carbocycles. The van der Waals surface area contributed by atoms with Crippen LogP contribution in [0.4, 0.5) is 0 Å². The molecule has 3 aliphatic rings. The first-order chi connectivity index (χ1) is 13.9. The third-order valence-corrected chi connectivity index (χ3v) is 7.92. The standard InChI is InChI=1S/C16H29N5O7.Ga/c17-13(22)9-18-1-3-19(10-14(23)24)5-7-21(12-16(27)28)8-6-20(4-2-18)11-15(25)26;/h1-12H2,(H2,17,22)(H,23,24)(H,25,26)(H,27,28);/q;+3/p-3. The van der Waals surface area contributed by atoms with Gasteiger partial charge in [0.2, 0.25) is 0 Å². The number of hydrogen-bond acceptors (Lipinski definition) is 11. The van der Waals surface area contributed by atoms with Crippen LogP contribution in [0.1, 0.15) is 0 Å². The topological polar surface area (TPSA) is 135 Å². The average Bonchev–Trinajstić information content (AvgIpc) is 2.65. The molecule has 0 saturated carbocycles. The van der Waals surface area contributed by atoms with Crippen molar-refractivity contribution in [1.29, 1.82) is 0 Å². The molecule has 1 amide bonds. The predicted octanol–water partition coefficient (Wildman–Crippen LogP) is -3.66. The molecule has 3 rings (SSSR count). The van der Waals surface area contributed by atoms with Crippen molar-refractivity contribution in [2.75, 3.05) is 78.5 Å². The number of primary amides is 1. The minimum absolute atomic E-state index is 0.0127. The Morgan fingerprint density at radius 3 is 1.41 bits per heavy atom. The summed E-state index contributed by atoms with van der Waals surface area (Å²) in [6.45, 7) is 4.46. The van der Waals surface area contributed by atoms with Gasteiger partial charge >= 0.3 is 175 Å². The summed E-state index contributed by atoms with van der Waals surface area (Å²) in [6, 6.07) is 0. The van der Waals surface area contributed by atoms with E-state index in [0.717, 1.165) is 0 Å². The molecule has 0 aromatic rings. The molecule has 2 atom stereocenters.